The molecule has 0 radical (unpaired) electrons. The van der Waals surface area contributed by atoms with Crippen molar-refractivity contribution < 1.29 is 14.0 Å². The lowest BCUT2D eigenvalue weighted by Gasteiger charge is -1.98. The minimum atomic E-state index is -0.482. The van der Waals surface area contributed by atoms with Crippen molar-refractivity contribution in [3.8, 4) is 0 Å². The van der Waals surface area contributed by atoms with E-state index in [1.807, 2.05) is 0 Å². The monoisotopic (exact) mass is 263 g/mol. The van der Waals surface area contributed by atoms with Gasteiger partial charge < -0.3 is 0 Å². The molecule has 0 unspecified atom stereocenters. The van der Waals surface area contributed by atoms with Crippen LogP contribution in [0, 0.1) is 5.95 Å². The number of imide groups is 1. The zero-order valence-electron chi connectivity index (χ0n) is 8.88. The summed E-state index contributed by atoms with van der Waals surface area (Å²) < 4.78 is 14.6. The third kappa shape index (κ3) is 1.78. The van der Waals surface area contributed by atoms with Gasteiger partial charge in [-0.15, -0.1) is 0 Å². The number of amides is 2. The predicted octanol–water partition coefficient (Wildman–Crippen LogP) is 1.80. The summed E-state index contributed by atoms with van der Waals surface area (Å²) in [6.07, 6.45) is 4.16. The first kappa shape index (κ1) is 11.0. The van der Waals surface area contributed by atoms with Crippen LogP contribution < -0.4 is 5.32 Å². The Bertz CT molecular complexity index is 707. The number of nitrogens with one attached hydrogen (secondary N) is 1. The number of imidazole rings is 1. The average molecular weight is 263 g/mol. The van der Waals surface area contributed by atoms with E-state index in [9.17, 15) is 14.0 Å². The van der Waals surface area contributed by atoms with Crippen molar-refractivity contribution in [2.24, 2.45) is 0 Å². The maximum Gasteiger partial charge on any atom is 0.290 e. The summed E-state index contributed by atoms with van der Waals surface area (Å²) in [7, 11) is 0. The fraction of sp³-hybridized carbons (Fsp3) is 0. The number of aromatic nitrogens is 2. The first-order valence-electron chi connectivity index (χ1n) is 5.01. The van der Waals surface area contributed by atoms with E-state index in [0.717, 1.165) is 18.0 Å². The summed E-state index contributed by atoms with van der Waals surface area (Å²) in [5, 5.41) is 1.75. The Hall–Kier alpha value is -2.15. The number of pyridine rings is 1. The van der Waals surface area contributed by atoms with Gasteiger partial charge in [-0.3, -0.25) is 19.3 Å². The standard InChI is InChI=1S/C11H6FN3O2S/c12-8-4-13-9-2-1-6(5-15(8)9)3-7-10(16)14-11(17)18-7/h1-5H,(H,14,16,17). The largest absolute Gasteiger partial charge is 0.290 e. The van der Waals surface area contributed by atoms with E-state index < -0.39 is 17.1 Å². The van der Waals surface area contributed by atoms with E-state index in [1.54, 1.807) is 12.1 Å². The molecule has 3 rings (SSSR count). The fourth-order valence-corrected chi connectivity index (χ4v) is 2.31. The molecule has 2 amide bonds. The summed E-state index contributed by atoms with van der Waals surface area (Å²) in [6.45, 7) is 0. The van der Waals surface area contributed by atoms with Gasteiger partial charge in [-0.2, -0.15) is 4.39 Å². The molecule has 2 aromatic rings. The molecule has 1 saturated heterocycles. The molecule has 0 aliphatic carbocycles. The predicted molar refractivity (Wildman–Crippen MR) is 64.3 cm³/mol. The highest BCUT2D eigenvalue weighted by molar-refractivity contribution is 8.18. The average Bonchev–Trinajstić information content (AvgIpc) is 2.84. The molecule has 1 aliphatic heterocycles. The third-order valence-corrected chi connectivity index (χ3v) is 3.23. The van der Waals surface area contributed by atoms with E-state index in [1.165, 1.54) is 16.7 Å². The molecule has 2 aromatic heterocycles. The summed E-state index contributed by atoms with van der Waals surface area (Å²) in [5.74, 6) is -0.916. The van der Waals surface area contributed by atoms with Crippen LogP contribution in [0.15, 0.2) is 29.4 Å². The summed E-state index contributed by atoms with van der Waals surface area (Å²) in [5.41, 5.74) is 1.10. The molecule has 1 fully saturated rings. The second kappa shape index (κ2) is 3.95. The zero-order valence-corrected chi connectivity index (χ0v) is 9.70. The van der Waals surface area contributed by atoms with E-state index in [0.29, 0.717) is 16.1 Å². The third-order valence-electron chi connectivity index (χ3n) is 2.42. The quantitative estimate of drug-likeness (QED) is 0.797. The Kier molecular flexibility index (Phi) is 2.41. The lowest BCUT2D eigenvalue weighted by Crippen LogP contribution is -2.17. The van der Waals surface area contributed by atoms with Gasteiger partial charge >= 0.3 is 0 Å². The first-order valence-corrected chi connectivity index (χ1v) is 5.82. The Morgan fingerprint density at radius 3 is 2.94 bits per heavy atom. The minimum Gasteiger partial charge on any atom is -0.282 e. The Morgan fingerprint density at radius 2 is 2.22 bits per heavy atom. The van der Waals surface area contributed by atoms with Crippen LogP contribution in [0.3, 0.4) is 0 Å². The van der Waals surface area contributed by atoms with E-state index in [2.05, 4.69) is 10.3 Å². The van der Waals surface area contributed by atoms with Crippen molar-refractivity contribution in [3.63, 3.8) is 0 Å². The molecule has 18 heavy (non-hydrogen) atoms. The molecule has 1 aliphatic rings. The summed E-state index contributed by atoms with van der Waals surface area (Å²) in [4.78, 5) is 26.5. The lowest BCUT2D eigenvalue weighted by atomic mass is 10.2. The van der Waals surface area contributed by atoms with Gasteiger partial charge in [-0.1, -0.05) is 0 Å². The van der Waals surface area contributed by atoms with Crippen LogP contribution in [0.25, 0.3) is 11.7 Å². The summed E-state index contributed by atoms with van der Waals surface area (Å²) >= 11 is 0.823. The fourth-order valence-electron chi connectivity index (χ4n) is 1.63. The molecule has 5 nitrogen and oxygen atoms in total. The number of thioether (sulfide) groups is 1. The van der Waals surface area contributed by atoms with Crippen LogP contribution in [-0.2, 0) is 4.79 Å². The second-order valence-electron chi connectivity index (χ2n) is 3.62. The topological polar surface area (TPSA) is 63.5 Å². The highest BCUT2D eigenvalue weighted by Crippen LogP contribution is 2.25. The smallest absolute Gasteiger partial charge is 0.282 e. The Balaban J connectivity index is 2.04. The Labute approximate surface area is 105 Å². The van der Waals surface area contributed by atoms with Gasteiger partial charge in [0.2, 0.25) is 5.95 Å². The number of carbonyl (C=O) groups excluding carboxylic acids is 2. The van der Waals surface area contributed by atoms with Crippen molar-refractivity contribution in [3.05, 3.63) is 40.9 Å². The second-order valence-corrected chi connectivity index (χ2v) is 4.64. The molecule has 0 saturated carbocycles. The maximum absolute atomic E-state index is 13.3. The van der Waals surface area contributed by atoms with Crippen LogP contribution in [0.4, 0.5) is 9.18 Å². The number of halogens is 1. The molecule has 90 valence electrons. The molecule has 1 N–H and O–H groups in total. The molecular weight excluding hydrogens is 257 g/mol. The van der Waals surface area contributed by atoms with Gasteiger partial charge in [0.05, 0.1) is 11.1 Å². The molecule has 0 spiro atoms. The lowest BCUT2D eigenvalue weighted by molar-refractivity contribution is -0.115. The van der Waals surface area contributed by atoms with Crippen LogP contribution >= 0.6 is 11.8 Å². The van der Waals surface area contributed by atoms with Gasteiger partial charge in [0, 0.05) is 6.20 Å². The number of carbonyl (C=O) groups is 2. The highest BCUT2D eigenvalue weighted by Gasteiger charge is 2.24. The van der Waals surface area contributed by atoms with Crippen molar-refractivity contribution in [2.75, 3.05) is 0 Å². The van der Waals surface area contributed by atoms with Crippen molar-refractivity contribution >= 4 is 34.6 Å². The van der Waals surface area contributed by atoms with Gasteiger partial charge in [-0.05, 0) is 35.5 Å². The van der Waals surface area contributed by atoms with Crippen molar-refractivity contribution in [1.29, 1.82) is 0 Å². The summed E-state index contributed by atoms with van der Waals surface area (Å²) in [6, 6.07) is 3.33. The molecule has 0 bridgehead atoms. The first-order chi connectivity index (χ1) is 8.63. The van der Waals surface area contributed by atoms with Crippen LogP contribution in [0.5, 0.6) is 0 Å². The van der Waals surface area contributed by atoms with Crippen LogP contribution in [0.1, 0.15) is 5.56 Å². The Morgan fingerprint density at radius 1 is 1.39 bits per heavy atom. The minimum absolute atomic E-state index is 0.292. The number of hydrogen-bond acceptors (Lipinski definition) is 4. The molecule has 0 atom stereocenters. The van der Waals surface area contributed by atoms with E-state index >= 15 is 0 Å². The van der Waals surface area contributed by atoms with E-state index in [4.69, 9.17) is 0 Å². The number of rotatable bonds is 1. The number of nitrogens with zero attached hydrogens (tertiary/aromatic N) is 2. The molecule has 0 aromatic carbocycles. The molecule has 7 heteroatoms. The maximum atomic E-state index is 13.3. The zero-order chi connectivity index (χ0) is 12.7. The molecular formula is C11H6FN3O2S. The van der Waals surface area contributed by atoms with Crippen molar-refractivity contribution in [2.45, 2.75) is 0 Å². The SMILES string of the molecule is O=C1NC(=O)C(=Cc2ccc3ncc(F)n3c2)S1. The normalized spacial score (nSPS) is 17.7. The number of hydrogen-bond donors (Lipinski definition) is 1. The van der Waals surface area contributed by atoms with Gasteiger partial charge in [0.15, 0.2) is 0 Å². The van der Waals surface area contributed by atoms with Crippen LogP contribution in [0.2, 0.25) is 0 Å². The van der Waals surface area contributed by atoms with Gasteiger partial charge in [0.1, 0.15) is 5.65 Å². The van der Waals surface area contributed by atoms with Gasteiger partial charge in [-0.25, -0.2) is 4.98 Å². The highest BCUT2D eigenvalue weighted by atomic mass is 32.2. The molecule has 3 heterocycles. The van der Waals surface area contributed by atoms with Crippen molar-refractivity contribution in [1.82, 2.24) is 14.7 Å². The van der Waals surface area contributed by atoms with Crippen LogP contribution in [-0.4, -0.2) is 20.5 Å². The number of fused-ring (bicyclic) bond motifs is 1. The van der Waals surface area contributed by atoms with E-state index in [-0.39, 0.29) is 0 Å². The van der Waals surface area contributed by atoms with Gasteiger partial charge in [0.25, 0.3) is 11.1 Å².